The highest BCUT2D eigenvalue weighted by atomic mass is 35.5. The normalized spacial score (nSPS) is 17.9. The first-order valence-electron chi connectivity index (χ1n) is 6.96. The number of hydrogen-bond acceptors (Lipinski definition) is 3. The van der Waals surface area contributed by atoms with Crippen LogP contribution in [0.4, 0.5) is 0 Å². The van der Waals surface area contributed by atoms with Crippen molar-refractivity contribution in [2.24, 2.45) is 0 Å². The van der Waals surface area contributed by atoms with Gasteiger partial charge in [0.1, 0.15) is 0 Å². The molecule has 1 amide bonds. The maximum atomic E-state index is 11.5. The molecule has 0 aliphatic carbocycles. The molecule has 1 atom stereocenters. The third kappa shape index (κ3) is 3.95. The molecule has 6 heteroatoms. The molecule has 1 heterocycles. The topological polar surface area (TPSA) is 38.8 Å². The third-order valence-corrected chi connectivity index (χ3v) is 4.17. The van der Waals surface area contributed by atoms with Gasteiger partial charge in [0.15, 0.2) is 11.5 Å². The van der Waals surface area contributed by atoms with Gasteiger partial charge in [-0.3, -0.25) is 4.79 Å². The van der Waals surface area contributed by atoms with Gasteiger partial charge in [-0.1, -0.05) is 23.2 Å². The van der Waals surface area contributed by atoms with Crippen molar-refractivity contribution < 1.29 is 14.3 Å². The largest absolute Gasteiger partial charge is 0.491 e. The van der Waals surface area contributed by atoms with E-state index in [0.29, 0.717) is 28.2 Å². The molecule has 2 rings (SSSR count). The quantitative estimate of drug-likeness (QED) is 0.824. The van der Waals surface area contributed by atoms with Gasteiger partial charge in [0, 0.05) is 37.0 Å². The Morgan fingerprint density at radius 1 is 1.43 bits per heavy atom. The third-order valence-electron chi connectivity index (χ3n) is 3.67. The fourth-order valence-corrected chi connectivity index (χ4v) is 3.25. The smallest absolute Gasteiger partial charge is 0.219 e. The lowest BCUT2D eigenvalue weighted by Gasteiger charge is -2.23. The second kappa shape index (κ2) is 7.23. The molecule has 1 aromatic rings. The van der Waals surface area contributed by atoms with Crippen LogP contribution in [0.5, 0.6) is 11.5 Å². The molecular formula is C15H19Cl2NO3. The van der Waals surface area contributed by atoms with Crippen LogP contribution < -0.4 is 9.47 Å². The summed E-state index contributed by atoms with van der Waals surface area (Å²) in [5.41, 5.74) is 0. The molecule has 4 nitrogen and oxygen atoms in total. The predicted octanol–water partition coefficient (Wildman–Crippen LogP) is 3.78. The summed E-state index contributed by atoms with van der Waals surface area (Å²) in [5, 5.41) is 0.924. The molecular weight excluding hydrogens is 313 g/mol. The van der Waals surface area contributed by atoms with E-state index in [-0.39, 0.29) is 11.9 Å². The average Bonchev–Trinajstić information content (AvgIpc) is 2.87. The van der Waals surface area contributed by atoms with Gasteiger partial charge >= 0.3 is 0 Å². The Morgan fingerprint density at radius 3 is 2.86 bits per heavy atom. The van der Waals surface area contributed by atoms with Crippen molar-refractivity contribution in [1.82, 2.24) is 4.90 Å². The van der Waals surface area contributed by atoms with Crippen molar-refractivity contribution in [3.8, 4) is 11.5 Å². The zero-order chi connectivity index (χ0) is 15.4. The molecule has 0 saturated carbocycles. The zero-order valence-corrected chi connectivity index (χ0v) is 13.7. The van der Waals surface area contributed by atoms with Gasteiger partial charge in [-0.05, 0) is 18.9 Å². The summed E-state index contributed by atoms with van der Waals surface area (Å²) in [4.78, 5) is 13.4. The number of ether oxygens (including phenoxy) is 2. The molecule has 1 aliphatic heterocycles. The zero-order valence-electron chi connectivity index (χ0n) is 12.2. The minimum Gasteiger partial charge on any atom is -0.491 e. The lowest BCUT2D eigenvalue weighted by Crippen LogP contribution is -2.34. The van der Waals surface area contributed by atoms with Crippen molar-refractivity contribution in [3.63, 3.8) is 0 Å². The highest BCUT2D eigenvalue weighted by molar-refractivity contribution is 6.35. The molecule has 0 bridgehead atoms. The molecule has 116 valence electrons. The Morgan fingerprint density at radius 2 is 2.19 bits per heavy atom. The van der Waals surface area contributed by atoms with Crippen molar-refractivity contribution in [2.75, 3.05) is 20.3 Å². The van der Waals surface area contributed by atoms with Crippen LogP contribution in [0, 0.1) is 0 Å². The number of carbonyl (C=O) groups excluding carboxylic acids is 1. The highest BCUT2D eigenvalue weighted by Crippen LogP contribution is 2.38. The Bertz CT molecular complexity index is 522. The number of methoxy groups -OCH3 is 1. The Kier molecular flexibility index (Phi) is 5.59. The minimum absolute atomic E-state index is 0.126. The summed E-state index contributed by atoms with van der Waals surface area (Å²) in [5.74, 6) is 1.14. The summed E-state index contributed by atoms with van der Waals surface area (Å²) in [6.07, 6.45) is 2.86. The summed E-state index contributed by atoms with van der Waals surface area (Å²) < 4.78 is 11.0. The minimum atomic E-state index is 0.126. The average molecular weight is 332 g/mol. The van der Waals surface area contributed by atoms with Gasteiger partial charge in [0.05, 0.1) is 18.7 Å². The first-order valence-corrected chi connectivity index (χ1v) is 7.71. The summed E-state index contributed by atoms with van der Waals surface area (Å²) in [6, 6.07) is 3.55. The molecule has 1 unspecified atom stereocenters. The molecule has 1 fully saturated rings. The number of halogens is 2. The van der Waals surface area contributed by atoms with Crippen LogP contribution in [0.25, 0.3) is 0 Å². The van der Waals surface area contributed by atoms with Crippen LogP contribution in [-0.4, -0.2) is 37.1 Å². The van der Waals surface area contributed by atoms with Crippen LogP contribution in [-0.2, 0) is 4.79 Å². The van der Waals surface area contributed by atoms with Gasteiger partial charge in [-0.25, -0.2) is 0 Å². The van der Waals surface area contributed by atoms with E-state index in [0.717, 1.165) is 25.8 Å². The molecule has 1 saturated heterocycles. The lowest BCUT2D eigenvalue weighted by atomic mass is 10.1. The van der Waals surface area contributed by atoms with E-state index >= 15 is 0 Å². The van der Waals surface area contributed by atoms with E-state index in [1.54, 1.807) is 19.1 Å². The molecule has 0 aromatic heterocycles. The number of amides is 1. The number of hydrogen-bond donors (Lipinski definition) is 0. The molecule has 0 spiro atoms. The number of likely N-dealkylation sites (tertiary alicyclic amines) is 1. The summed E-state index contributed by atoms with van der Waals surface area (Å²) in [6.45, 7) is 2.94. The fourth-order valence-electron chi connectivity index (χ4n) is 2.70. The van der Waals surface area contributed by atoms with E-state index in [4.69, 9.17) is 32.7 Å². The van der Waals surface area contributed by atoms with Crippen LogP contribution in [0.1, 0.15) is 26.2 Å². The number of benzene rings is 1. The SMILES string of the molecule is COc1c(Cl)cc(Cl)cc1OCCC1CCCN1C(C)=O. The second-order valence-electron chi connectivity index (χ2n) is 5.06. The first kappa shape index (κ1) is 16.2. The van der Waals surface area contributed by atoms with Gasteiger partial charge in [-0.2, -0.15) is 0 Å². The van der Waals surface area contributed by atoms with Crippen LogP contribution in [0.3, 0.4) is 0 Å². The number of nitrogens with zero attached hydrogens (tertiary/aromatic N) is 1. The lowest BCUT2D eigenvalue weighted by molar-refractivity contribution is -0.129. The van der Waals surface area contributed by atoms with Gasteiger partial charge in [0.25, 0.3) is 0 Å². The second-order valence-corrected chi connectivity index (χ2v) is 5.91. The van der Waals surface area contributed by atoms with E-state index in [2.05, 4.69) is 0 Å². The van der Waals surface area contributed by atoms with Crippen LogP contribution >= 0.6 is 23.2 Å². The monoisotopic (exact) mass is 331 g/mol. The highest BCUT2D eigenvalue weighted by Gasteiger charge is 2.26. The van der Waals surface area contributed by atoms with Gasteiger partial charge in [-0.15, -0.1) is 0 Å². The van der Waals surface area contributed by atoms with E-state index < -0.39 is 0 Å². The Hall–Kier alpha value is -1.13. The summed E-state index contributed by atoms with van der Waals surface area (Å²) >= 11 is 12.0. The van der Waals surface area contributed by atoms with Crippen molar-refractivity contribution in [2.45, 2.75) is 32.2 Å². The standard InChI is InChI=1S/C15H19Cl2NO3/c1-10(19)18-6-3-4-12(18)5-7-21-14-9-11(16)8-13(17)15(14)20-2/h8-9,12H,3-7H2,1-2H3. The van der Waals surface area contributed by atoms with E-state index in [1.165, 1.54) is 7.11 Å². The Labute approximate surface area is 134 Å². The molecule has 21 heavy (non-hydrogen) atoms. The van der Waals surface area contributed by atoms with Crippen molar-refractivity contribution >= 4 is 29.1 Å². The predicted molar refractivity (Wildman–Crippen MR) is 83.5 cm³/mol. The molecule has 1 aromatic carbocycles. The van der Waals surface area contributed by atoms with E-state index in [1.807, 2.05) is 4.90 Å². The summed E-state index contributed by atoms with van der Waals surface area (Å²) in [7, 11) is 1.54. The van der Waals surface area contributed by atoms with Crippen molar-refractivity contribution in [1.29, 1.82) is 0 Å². The van der Waals surface area contributed by atoms with Crippen LogP contribution in [0.2, 0.25) is 10.0 Å². The number of carbonyl (C=O) groups is 1. The van der Waals surface area contributed by atoms with E-state index in [9.17, 15) is 4.79 Å². The first-order chi connectivity index (χ1) is 10.0. The Balaban J connectivity index is 1.96. The fraction of sp³-hybridized carbons (Fsp3) is 0.533. The van der Waals surface area contributed by atoms with Gasteiger partial charge in [0.2, 0.25) is 5.91 Å². The molecule has 1 aliphatic rings. The maximum Gasteiger partial charge on any atom is 0.219 e. The van der Waals surface area contributed by atoms with Gasteiger partial charge < -0.3 is 14.4 Å². The maximum absolute atomic E-state index is 11.5. The molecule has 0 radical (unpaired) electrons. The van der Waals surface area contributed by atoms with Crippen LogP contribution in [0.15, 0.2) is 12.1 Å². The number of rotatable bonds is 5. The van der Waals surface area contributed by atoms with Crippen molar-refractivity contribution in [3.05, 3.63) is 22.2 Å². The molecule has 0 N–H and O–H groups in total.